The van der Waals surface area contributed by atoms with Crippen LogP contribution in [-0.4, -0.2) is 37.8 Å². The van der Waals surface area contributed by atoms with Crippen molar-refractivity contribution in [2.45, 2.75) is 5.38 Å². The summed E-state index contributed by atoms with van der Waals surface area (Å²) in [5.74, 6) is -1.14. The number of carboxylic acids is 1. The van der Waals surface area contributed by atoms with Crippen molar-refractivity contribution in [2.75, 3.05) is 6.61 Å². The van der Waals surface area contributed by atoms with Crippen molar-refractivity contribution in [1.29, 1.82) is 0 Å². The summed E-state index contributed by atoms with van der Waals surface area (Å²) in [6.45, 7) is -0.185. The molecule has 0 radical (unpaired) electrons. The lowest BCUT2D eigenvalue weighted by atomic mass is 10.3. The third-order valence-corrected chi connectivity index (χ3v) is 2.43. The first kappa shape index (κ1) is 12.4. The van der Waals surface area contributed by atoms with Crippen molar-refractivity contribution < 1.29 is 14.6 Å². The van der Waals surface area contributed by atoms with Crippen LogP contribution in [0.25, 0.3) is 5.69 Å². The molecule has 1 unspecified atom stereocenters. The molecule has 1 aromatic heterocycles. The van der Waals surface area contributed by atoms with E-state index in [-0.39, 0.29) is 12.6 Å². The predicted molar refractivity (Wildman–Crippen MR) is 64.1 cm³/mol. The normalized spacial score (nSPS) is 12.1. The number of aromatic nitrogens is 3. The van der Waals surface area contributed by atoms with Crippen molar-refractivity contribution in [1.82, 2.24) is 14.8 Å². The second-order valence-corrected chi connectivity index (χ2v) is 3.95. The van der Waals surface area contributed by atoms with Gasteiger partial charge < -0.3 is 9.84 Å². The molecule has 2 aromatic rings. The summed E-state index contributed by atoms with van der Waals surface area (Å²) in [4.78, 5) is 14.4. The number of hydrogen-bond acceptors (Lipinski definition) is 4. The molecule has 0 spiro atoms. The van der Waals surface area contributed by atoms with Gasteiger partial charge in [-0.25, -0.2) is 4.68 Å². The van der Waals surface area contributed by atoms with Crippen LogP contribution in [0.1, 0.15) is 0 Å². The summed E-state index contributed by atoms with van der Waals surface area (Å²) < 4.78 is 6.60. The fourth-order valence-corrected chi connectivity index (χ4v) is 1.30. The summed E-state index contributed by atoms with van der Waals surface area (Å²) in [5, 5.41) is 11.5. The molecule has 0 aliphatic rings. The van der Waals surface area contributed by atoms with Crippen LogP contribution >= 0.6 is 11.6 Å². The molecule has 0 bridgehead atoms. The van der Waals surface area contributed by atoms with E-state index in [2.05, 4.69) is 10.1 Å². The molecule has 2 rings (SSSR count). The van der Waals surface area contributed by atoms with Gasteiger partial charge in [0.15, 0.2) is 5.38 Å². The maximum absolute atomic E-state index is 10.5. The van der Waals surface area contributed by atoms with Gasteiger partial charge in [0.25, 0.3) is 0 Å². The lowest BCUT2D eigenvalue weighted by Crippen LogP contribution is -2.21. The van der Waals surface area contributed by atoms with Crippen LogP contribution in [0.4, 0.5) is 0 Å². The second kappa shape index (κ2) is 5.50. The Hall–Kier alpha value is -2.08. The molecule has 0 saturated heterocycles. The fourth-order valence-electron chi connectivity index (χ4n) is 1.24. The largest absolute Gasteiger partial charge is 0.480 e. The Morgan fingerprint density at radius 1 is 1.44 bits per heavy atom. The third kappa shape index (κ3) is 2.98. The van der Waals surface area contributed by atoms with Crippen LogP contribution in [-0.2, 0) is 4.79 Å². The van der Waals surface area contributed by atoms with Crippen molar-refractivity contribution in [3.63, 3.8) is 0 Å². The molecule has 0 fully saturated rings. The Bertz CT molecular complexity index is 529. The van der Waals surface area contributed by atoms with E-state index >= 15 is 0 Å². The van der Waals surface area contributed by atoms with E-state index in [1.165, 1.54) is 11.0 Å². The number of benzene rings is 1. The molecule has 1 atom stereocenters. The quantitative estimate of drug-likeness (QED) is 0.827. The summed E-state index contributed by atoms with van der Waals surface area (Å²) in [6, 6.07) is 9.45. The van der Waals surface area contributed by atoms with Crippen LogP contribution in [0, 0.1) is 0 Å². The minimum absolute atomic E-state index is 0.0887. The first-order valence-corrected chi connectivity index (χ1v) is 5.57. The minimum atomic E-state index is -1.14. The predicted octanol–water partition coefficient (Wildman–Crippen LogP) is 1.34. The zero-order valence-electron chi connectivity index (χ0n) is 9.23. The van der Waals surface area contributed by atoms with Crippen LogP contribution in [0.3, 0.4) is 0 Å². The van der Waals surface area contributed by atoms with Gasteiger partial charge in [-0.2, -0.15) is 4.98 Å². The summed E-state index contributed by atoms with van der Waals surface area (Å²) in [6.07, 6.45) is 1.48. The van der Waals surface area contributed by atoms with Gasteiger partial charge in [0.05, 0.1) is 5.69 Å². The van der Waals surface area contributed by atoms with Crippen molar-refractivity contribution in [3.05, 3.63) is 36.7 Å². The maximum Gasteiger partial charge on any atom is 0.335 e. The molecule has 0 amide bonds. The van der Waals surface area contributed by atoms with Gasteiger partial charge >= 0.3 is 12.0 Å². The number of alkyl halides is 1. The van der Waals surface area contributed by atoms with Crippen LogP contribution in [0.5, 0.6) is 6.01 Å². The van der Waals surface area contributed by atoms with Gasteiger partial charge in [0.2, 0.25) is 0 Å². The molecule has 0 saturated carbocycles. The number of para-hydroxylation sites is 1. The van der Waals surface area contributed by atoms with Gasteiger partial charge in [0, 0.05) is 0 Å². The number of ether oxygens (including phenoxy) is 1. The number of carboxylic acid groups (broad SMARTS) is 1. The van der Waals surface area contributed by atoms with Gasteiger partial charge in [-0.05, 0) is 12.1 Å². The van der Waals surface area contributed by atoms with E-state index in [9.17, 15) is 4.79 Å². The van der Waals surface area contributed by atoms with Gasteiger partial charge in [-0.15, -0.1) is 16.7 Å². The molecule has 0 aliphatic carbocycles. The smallest absolute Gasteiger partial charge is 0.335 e. The molecule has 0 aliphatic heterocycles. The van der Waals surface area contributed by atoms with Gasteiger partial charge in [-0.1, -0.05) is 18.2 Å². The van der Waals surface area contributed by atoms with E-state index in [1.807, 2.05) is 30.3 Å². The molecule has 1 N–H and O–H groups in total. The van der Waals surface area contributed by atoms with E-state index in [4.69, 9.17) is 21.4 Å². The highest BCUT2D eigenvalue weighted by Gasteiger charge is 2.15. The van der Waals surface area contributed by atoms with Crippen LogP contribution in [0.15, 0.2) is 36.7 Å². The second-order valence-electron chi connectivity index (χ2n) is 3.42. The van der Waals surface area contributed by atoms with E-state index in [0.29, 0.717) is 0 Å². The molecular weight excluding hydrogens is 258 g/mol. The molecule has 1 aromatic carbocycles. The van der Waals surface area contributed by atoms with Crippen LogP contribution in [0.2, 0.25) is 0 Å². The summed E-state index contributed by atoms with van der Waals surface area (Å²) in [7, 11) is 0. The number of nitrogens with zero attached hydrogens (tertiary/aromatic N) is 3. The highest BCUT2D eigenvalue weighted by molar-refractivity contribution is 6.29. The Kier molecular flexibility index (Phi) is 3.78. The topological polar surface area (TPSA) is 77.2 Å². The van der Waals surface area contributed by atoms with E-state index in [0.717, 1.165) is 5.69 Å². The fraction of sp³-hybridized carbons (Fsp3) is 0.182. The van der Waals surface area contributed by atoms with Crippen molar-refractivity contribution in [3.8, 4) is 11.7 Å². The van der Waals surface area contributed by atoms with Crippen molar-refractivity contribution in [2.24, 2.45) is 0 Å². The molecular formula is C11H10ClN3O3. The van der Waals surface area contributed by atoms with Crippen LogP contribution < -0.4 is 4.74 Å². The standard InChI is InChI=1S/C11H10ClN3O3/c12-9(10(16)17)6-18-11-13-7-15(14-11)8-4-2-1-3-5-8/h1-5,7,9H,6H2,(H,16,17). The number of halogens is 1. The maximum atomic E-state index is 10.5. The highest BCUT2D eigenvalue weighted by atomic mass is 35.5. The molecule has 18 heavy (non-hydrogen) atoms. The summed E-state index contributed by atoms with van der Waals surface area (Å²) >= 11 is 5.50. The van der Waals surface area contributed by atoms with Crippen molar-refractivity contribution >= 4 is 17.6 Å². The molecule has 6 nitrogen and oxygen atoms in total. The average molecular weight is 268 g/mol. The van der Waals surface area contributed by atoms with Gasteiger partial charge in [0.1, 0.15) is 12.9 Å². The molecule has 7 heteroatoms. The van der Waals surface area contributed by atoms with E-state index < -0.39 is 11.3 Å². The minimum Gasteiger partial charge on any atom is -0.480 e. The third-order valence-electron chi connectivity index (χ3n) is 2.12. The van der Waals surface area contributed by atoms with Gasteiger partial charge in [-0.3, -0.25) is 4.79 Å². The highest BCUT2D eigenvalue weighted by Crippen LogP contribution is 2.09. The first-order valence-electron chi connectivity index (χ1n) is 5.13. The van der Waals surface area contributed by atoms with E-state index in [1.54, 1.807) is 0 Å². The average Bonchev–Trinajstić information content (AvgIpc) is 2.85. The number of aliphatic carboxylic acids is 1. The summed E-state index contributed by atoms with van der Waals surface area (Å²) in [5.41, 5.74) is 0.834. The number of rotatable bonds is 5. The Morgan fingerprint density at radius 2 is 2.17 bits per heavy atom. The first-order chi connectivity index (χ1) is 8.66. The molecule has 94 valence electrons. The SMILES string of the molecule is O=C(O)C(Cl)COc1ncn(-c2ccccc2)n1. The Labute approximate surface area is 108 Å². The monoisotopic (exact) mass is 267 g/mol. The Morgan fingerprint density at radius 3 is 2.83 bits per heavy atom. The molecule has 1 heterocycles. The lowest BCUT2D eigenvalue weighted by Gasteiger charge is -2.03. The number of carbonyl (C=O) groups is 1. The Balaban J connectivity index is 2.01. The zero-order chi connectivity index (χ0) is 13.0. The number of hydrogen-bond donors (Lipinski definition) is 1. The zero-order valence-corrected chi connectivity index (χ0v) is 9.99. The lowest BCUT2D eigenvalue weighted by molar-refractivity contribution is -0.137.